The first kappa shape index (κ1) is 20.8. The molecule has 1 fully saturated rings. The van der Waals surface area contributed by atoms with Gasteiger partial charge in [0.25, 0.3) is 11.8 Å². The van der Waals surface area contributed by atoms with Crippen LogP contribution in [0.4, 0.5) is 14.9 Å². The van der Waals surface area contributed by atoms with Crippen LogP contribution in [0.2, 0.25) is 5.02 Å². The minimum absolute atomic E-state index is 0.00159. The first-order valence-electron chi connectivity index (χ1n) is 8.21. The summed E-state index contributed by atoms with van der Waals surface area (Å²) in [6.07, 6.45) is 2.84. The summed E-state index contributed by atoms with van der Waals surface area (Å²) in [4.78, 5) is 37.9. The average molecular weight is 480 g/mol. The van der Waals surface area contributed by atoms with E-state index in [0.717, 1.165) is 6.07 Å². The largest absolute Gasteiger partial charge is 0.487 e. The molecular formula is C20H13BrClFN2O4. The Labute approximate surface area is 178 Å². The summed E-state index contributed by atoms with van der Waals surface area (Å²) < 4.78 is 19.5. The van der Waals surface area contributed by atoms with Crippen molar-refractivity contribution in [1.29, 1.82) is 0 Å². The van der Waals surface area contributed by atoms with Crippen LogP contribution < -0.4 is 15.0 Å². The molecule has 0 unspecified atom stereocenters. The Morgan fingerprint density at radius 2 is 2.00 bits per heavy atom. The average Bonchev–Trinajstić information content (AvgIpc) is 2.64. The maximum absolute atomic E-state index is 13.5. The zero-order valence-corrected chi connectivity index (χ0v) is 17.1. The number of hydrogen-bond donors (Lipinski definition) is 1. The fourth-order valence-electron chi connectivity index (χ4n) is 2.62. The van der Waals surface area contributed by atoms with Gasteiger partial charge in [-0.25, -0.2) is 14.1 Å². The zero-order chi connectivity index (χ0) is 21.1. The second-order valence-electron chi connectivity index (χ2n) is 5.85. The number of imide groups is 2. The highest BCUT2D eigenvalue weighted by molar-refractivity contribution is 9.10. The van der Waals surface area contributed by atoms with Gasteiger partial charge in [0, 0.05) is 0 Å². The number of anilines is 1. The number of benzene rings is 2. The van der Waals surface area contributed by atoms with Crippen molar-refractivity contribution in [2.24, 2.45) is 0 Å². The summed E-state index contributed by atoms with van der Waals surface area (Å²) >= 11 is 9.54. The number of nitrogens with zero attached hydrogens (tertiary/aromatic N) is 1. The molecule has 0 atom stereocenters. The van der Waals surface area contributed by atoms with E-state index in [9.17, 15) is 18.8 Å². The lowest BCUT2D eigenvalue weighted by Crippen LogP contribution is -2.54. The van der Waals surface area contributed by atoms with Gasteiger partial charge in [-0.05, 0) is 57.9 Å². The molecule has 3 rings (SSSR count). The van der Waals surface area contributed by atoms with Crippen LogP contribution in [0.1, 0.15) is 5.56 Å². The van der Waals surface area contributed by atoms with Crippen molar-refractivity contribution in [3.05, 3.63) is 75.5 Å². The Morgan fingerprint density at radius 1 is 1.24 bits per heavy atom. The van der Waals surface area contributed by atoms with Gasteiger partial charge in [0.1, 0.15) is 18.0 Å². The van der Waals surface area contributed by atoms with E-state index in [1.54, 1.807) is 12.1 Å². The highest BCUT2D eigenvalue weighted by Crippen LogP contribution is 2.35. The number of urea groups is 1. The number of rotatable bonds is 5. The Morgan fingerprint density at radius 3 is 2.66 bits per heavy atom. The number of amides is 4. The molecule has 0 bridgehead atoms. The van der Waals surface area contributed by atoms with E-state index in [1.165, 1.54) is 30.3 Å². The van der Waals surface area contributed by atoms with Crippen LogP contribution in [0.5, 0.6) is 5.75 Å². The van der Waals surface area contributed by atoms with Gasteiger partial charge < -0.3 is 4.74 Å². The number of barbiturate groups is 1. The fraction of sp³-hybridized carbons (Fsp3) is 0.0500. The molecule has 29 heavy (non-hydrogen) atoms. The lowest BCUT2D eigenvalue weighted by Gasteiger charge is -2.26. The highest BCUT2D eigenvalue weighted by atomic mass is 79.9. The molecule has 0 saturated carbocycles. The molecule has 2 aromatic carbocycles. The van der Waals surface area contributed by atoms with Crippen LogP contribution in [0.3, 0.4) is 0 Å². The quantitative estimate of drug-likeness (QED) is 0.390. The van der Waals surface area contributed by atoms with Crippen molar-refractivity contribution in [1.82, 2.24) is 5.32 Å². The van der Waals surface area contributed by atoms with Crippen molar-refractivity contribution in [3.63, 3.8) is 0 Å². The van der Waals surface area contributed by atoms with Gasteiger partial charge in [-0.15, -0.1) is 0 Å². The fourth-order valence-corrected chi connectivity index (χ4v) is 3.61. The SMILES string of the molecule is C=CCOc1c(Cl)cc(/C=C2\C(=O)NC(=O)N(c3cccc(F)c3)C2=O)cc1Br. The van der Waals surface area contributed by atoms with E-state index in [4.69, 9.17) is 16.3 Å². The number of carbonyl (C=O) groups is 3. The first-order valence-corrected chi connectivity index (χ1v) is 9.38. The molecule has 6 nitrogen and oxygen atoms in total. The van der Waals surface area contributed by atoms with Crippen LogP contribution in [0.15, 0.2) is 59.1 Å². The van der Waals surface area contributed by atoms with E-state index in [-0.39, 0.29) is 22.9 Å². The molecule has 1 saturated heterocycles. The van der Waals surface area contributed by atoms with Gasteiger partial charge in [0.15, 0.2) is 5.75 Å². The van der Waals surface area contributed by atoms with E-state index in [0.29, 0.717) is 20.7 Å². The van der Waals surface area contributed by atoms with Crippen LogP contribution >= 0.6 is 27.5 Å². The second-order valence-corrected chi connectivity index (χ2v) is 7.11. The molecule has 4 amide bonds. The van der Waals surface area contributed by atoms with Gasteiger partial charge in [-0.1, -0.05) is 30.3 Å². The van der Waals surface area contributed by atoms with E-state index >= 15 is 0 Å². The Kier molecular flexibility index (Phi) is 6.14. The lowest BCUT2D eigenvalue weighted by molar-refractivity contribution is -0.122. The molecule has 1 N–H and O–H groups in total. The number of nitrogens with one attached hydrogen (secondary N) is 1. The predicted octanol–water partition coefficient (Wildman–Crippen LogP) is 4.47. The van der Waals surface area contributed by atoms with Crippen molar-refractivity contribution in [2.45, 2.75) is 0 Å². The molecule has 148 valence electrons. The second kappa shape index (κ2) is 8.59. The van der Waals surface area contributed by atoms with Crippen LogP contribution in [0.25, 0.3) is 6.08 Å². The first-order chi connectivity index (χ1) is 13.8. The maximum atomic E-state index is 13.5. The number of ether oxygens (including phenoxy) is 1. The Hall–Kier alpha value is -2.97. The Balaban J connectivity index is 1.99. The maximum Gasteiger partial charge on any atom is 0.335 e. The summed E-state index contributed by atoms with van der Waals surface area (Å²) in [6.45, 7) is 3.80. The van der Waals surface area contributed by atoms with Gasteiger partial charge in [-0.2, -0.15) is 0 Å². The van der Waals surface area contributed by atoms with Crippen LogP contribution in [0, 0.1) is 5.82 Å². The molecule has 0 aliphatic carbocycles. The topological polar surface area (TPSA) is 75.7 Å². The minimum Gasteiger partial charge on any atom is -0.487 e. The molecule has 0 radical (unpaired) electrons. The summed E-state index contributed by atoms with van der Waals surface area (Å²) in [6, 6.07) is 7.06. The molecule has 1 heterocycles. The third kappa shape index (κ3) is 4.38. The molecular weight excluding hydrogens is 467 g/mol. The van der Waals surface area contributed by atoms with Crippen LogP contribution in [-0.4, -0.2) is 24.5 Å². The van der Waals surface area contributed by atoms with Gasteiger partial charge in [0.2, 0.25) is 0 Å². The molecule has 0 spiro atoms. The number of carbonyl (C=O) groups excluding carboxylic acids is 3. The monoisotopic (exact) mass is 478 g/mol. The third-order valence-corrected chi connectivity index (χ3v) is 4.72. The Bertz CT molecular complexity index is 1050. The summed E-state index contributed by atoms with van der Waals surface area (Å²) in [5, 5.41) is 2.32. The summed E-state index contributed by atoms with van der Waals surface area (Å²) in [5.41, 5.74) is 0.106. The third-order valence-electron chi connectivity index (χ3n) is 3.85. The van der Waals surface area contributed by atoms with Crippen molar-refractivity contribution in [2.75, 3.05) is 11.5 Å². The van der Waals surface area contributed by atoms with E-state index < -0.39 is 23.7 Å². The van der Waals surface area contributed by atoms with Gasteiger partial charge in [0.05, 0.1) is 15.2 Å². The van der Waals surface area contributed by atoms with Crippen molar-refractivity contribution in [3.8, 4) is 5.75 Å². The molecule has 0 aromatic heterocycles. The predicted molar refractivity (Wildman–Crippen MR) is 110 cm³/mol. The minimum atomic E-state index is -0.963. The standard InChI is InChI=1S/C20H13BrClFN2O4/c1-2-6-29-17-15(21)8-11(9-16(17)22)7-14-18(26)24-20(28)25(19(14)27)13-5-3-4-12(23)10-13/h2-5,7-10H,1,6H2,(H,24,26,28)/b14-7+. The van der Waals surface area contributed by atoms with Gasteiger partial charge >= 0.3 is 6.03 Å². The number of halogens is 3. The van der Waals surface area contributed by atoms with E-state index in [1.807, 2.05) is 0 Å². The normalized spacial score (nSPS) is 15.5. The number of hydrogen-bond acceptors (Lipinski definition) is 4. The summed E-state index contributed by atoms with van der Waals surface area (Å²) in [5.74, 6) is -2.00. The smallest absolute Gasteiger partial charge is 0.335 e. The molecule has 1 aliphatic heterocycles. The molecule has 9 heteroatoms. The van der Waals surface area contributed by atoms with Crippen molar-refractivity contribution >= 4 is 57.1 Å². The van der Waals surface area contributed by atoms with Crippen LogP contribution in [-0.2, 0) is 9.59 Å². The van der Waals surface area contributed by atoms with Crippen molar-refractivity contribution < 1.29 is 23.5 Å². The van der Waals surface area contributed by atoms with E-state index in [2.05, 4.69) is 27.8 Å². The lowest BCUT2D eigenvalue weighted by atomic mass is 10.1. The highest BCUT2D eigenvalue weighted by Gasteiger charge is 2.37. The zero-order valence-electron chi connectivity index (χ0n) is 14.7. The summed E-state index contributed by atoms with van der Waals surface area (Å²) in [7, 11) is 0. The molecule has 2 aromatic rings. The van der Waals surface area contributed by atoms with Gasteiger partial charge in [-0.3, -0.25) is 14.9 Å². The molecule has 1 aliphatic rings.